The van der Waals surface area contributed by atoms with E-state index in [1.165, 1.54) is 18.3 Å². The van der Waals surface area contributed by atoms with Crippen LogP contribution in [0.5, 0.6) is 5.88 Å². The predicted molar refractivity (Wildman–Crippen MR) is 121 cm³/mol. The number of pyridine rings is 1. The molecule has 0 radical (unpaired) electrons. The molecule has 1 saturated carbocycles. The standard InChI is InChI=1S/C25H27F4N5O2/c1-14(2)36-22-20(10-19(12-30-22)34-23(25(27,28)29)31-32-33-34)17-11-24(35-13-17)9-8-15(3)21(24)16-4-6-18(26)7-5-16/h4-7,10,12,14-15,17,21H,8-9,11,13H2,1-3H3. The molecule has 7 nitrogen and oxygen atoms in total. The Balaban J connectivity index is 1.51. The highest BCUT2D eigenvalue weighted by molar-refractivity contribution is 5.42. The second-order valence-corrected chi connectivity index (χ2v) is 9.99. The number of nitrogens with zero attached hydrogens (tertiary/aromatic N) is 5. The van der Waals surface area contributed by atoms with Crippen LogP contribution in [0.1, 0.15) is 68.8 Å². The number of halogens is 4. The maximum absolute atomic E-state index is 13.6. The molecule has 4 atom stereocenters. The molecule has 1 aromatic carbocycles. The zero-order valence-corrected chi connectivity index (χ0v) is 20.2. The fourth-order valence-corrected chi connectivity index (χ4v) is 5.73. The summed E-state index contributed by atoms with van der Waals surface area (Å²) in [4.78, 5) is 4.36. The topological polar surface area (TPSA) is 75.0 Å². The Hall–Kier alpha value is -3.08. The van der Waals surface area contributed by atoms with Crippen LogP contribution < -0.4 is 4.74 Å². The molecule has 0 amide bonds. The maximum Gasteiger partial charge on any atom is 0.453 e. The van der Waals surface area contributed by atoms with Crippen molar-refractivity contribution in [1.82, 2.24) is 25.2 Å². The minimum Gasteiger partial charge on any atom is -0.475 e. The van der Waals surface area contributed by atoms with E-state index in [9.17, 15) is 17.6 Å². The first-order valence-electron chi connectivity index (χ1n) is 12.0. The van der Waals surface area contributed by atoms with Gasteiger partial charge in [0.05, 0.1) is 30.2 Å². The number of hydrogen-bond acceptors (Lipinski definition) is 6. The average molecular weight is 506 g/mol. The molecule has 1 aliphatic heterocycles. The molecule has 5 rings (SSSR count). The molecule has 0 bridgehead atoms. The molecule has 11 heteroatoms. The molecule has 1 aliphatic carbocycles. The Bertz CT molecular complexity index is 1230. The minimum atomic E-state index is -4.72. The Kier molecular flexibility index (Phi) is 6.22. The van der Waals surface area contributed by atoms with Gasteiger partial charge in [-0.3, -0.25) is 0 Å². The van der Waals surface area contributed by atoms with Crippen LogP contribution in [0.4, 0.5) is 17.6 Å². The smallest absolute Gasteiger partial charge is 0.453 e. The van der Waals surface area contributed by atoms with E-state index >= 15 is 0 Å². The molecule has 1 spiro atoms. The van der Waals surface area contributed by atoms with E-state index < -0.39 is 17.6 Å². The molecule has 192 valence electrons. The summed E-state index contributed by atoms with van der Waals surface area (Å²) in [6.07, 6.45) is -1.19. The molecule has 2 fully saturated rings. The second-order valence-electron chi connectivity index (χ2n) is 9.99. The molecule has 3 aromatic rings. The summed E-state index contributed by atoms with van der Waals surface area (Å²) in [5, 5.41) is 9.90. The summed E-state index contributed by atoms with van der Waals surface area (Å²) in [5.41, 5.74) is 1.31. The third-order valence-electron chi connectivity index (χ3n) is 7.17. The molecule has 36 heavy (non-hydrogen) atoms. The lowest BCUT2D eigenvalue weighted by molar-refractivity contribution is -0.146. The van der Waals surface area contributed by atoms with Crippen molar-refractivity contribution in [1.29, 1.82) is 0 Å². The lowest BCUT2D eigenvalue weighted by Crippen LogP contribution is -2.32. The van der Waals surface area contributed by atoms with E-state index in [4.69, 9.17) is 9.47 Å². The SMILES string of the molecule is CC(C)Oc1ncc(-n2nnnc2C(F)(F)F)cc1C1COC2(CCC(C)C2c2ccc(F)cc2)C1. The van der Waals surface area contributed by atoms with Crippen molar-refractivity contribution in [3.63, 3.8) is 0 Å². The highest BCUT2D eigenvalue weighted by Gasteiger charge is 2.53. The van der Waals surface area contributed by atoms with E-state index in [1.54, 1.807) is 6.07 Å². The van der Waals surface area contributed by atoms with Crippen LogP contribution in [0.3, 0.4) is 0 Å². The molecule has 2 aliphatic rings. The number of alkyl halides is 3. The van der Waals surface area contributed by atoms with Gasteiger partial charge in [-0.2, -0.15) is 17.9 Å². The van der Waals surface area contributed by atoms with Gasteiger partial charge in [-0.25, -0.2) is 9.37 Å². The van der Waals surface area contributed by atoms with Crippen molar-refractivity contribution in [3.05, 3.63) is 59.3 Å². The summed E-state index contributed by atoms with van der Waals surface area (Å²) in [7, 11) is 0. The van der Waals surface area contributed by atoms with Crippen LogP contribution >= 0.6 is 0 Å². The third-order valence-corrected chi connectivity index (χ3v) is 7.17. The van der Waals surface area contributed by atoms with Gasteiger partial charge in [0.15, 0.2) is 0 Å². The Labute approximate surface area is 205 Å². The monoisotopic (exact) mass is 505 g/mol. The van der Waals surface area contributed by atoms with Gasteiger partial charge in [0, 0.05) is 17.4 Å². The number of hydrogen-bond donors (Lipinski definition) is 0. The van der Waals surface area contributed by atoms with E-state index in [0.717, 1.165) is 18.4 Å². The third kappa shape index (κ3) is 4.44. The first-order chi connectivity index (χ1) is 17.1. The summed E-state index contributed by atoms with van der Waals surface area (Å²) in [6, 6.07) is 8.16. The Morgan fingerprint density at radius 2 is 1.94 bits per heavy atom. The molecule has 0 N–H and O–H groups in total. The van der Waals surface area contributed by atoms with Crippen molar-refractivity contribution >= 4 is 0 Å². The van der Waals surface area contributed by atoms with Crippen LogP contribution in [0.2, 0.25) is 0 Å². The van der Waals surface area contributed by atoms with Crippen LogP contribution in [-0.2, 0) is 10.9 Å². The predicted octanol–water partition coefficient (Wildman–Crippen LogP) is 5.46. The second kappa shape index (κ2) is 9.10. The highest BCUT2D eigenvalue weighted by atomic mass is 19.4. The summed E-state index contributed by atoms with van der Waals surface area (Å²) in [6.45, 7) is 6.26. The zero-order chi connectivity index (χ0) is 25.7. The Morgan fingerprint density at radius 1 is 1.19 bits per heavy atom. The lowest BCUT2D eigenvalue weighted by Gasteiger charge is -2.33. The number of tetrazole rings is 1. The van der Waals surface area contributed by atoms with Gasteiger partial charge in [-0.1, -0.05) is 19.1 Å². The fraction of sp³-hybridized carbons (Fsp3) is 0.520. The van der Waals surface area contributed by atoms with Gasteiger partial charge in [-0.15, -0.1) is 5.10 Å². The molecule has 4 unspecified atom stereocenters. The van der Waals surface area contributed by atoms with Gasteiger partial charge in [-0.05, 0) is 73.2 Å². The van der Waals surface area contributed by atoms with E-state index in [1.807, 2.05) is 26.0 Å². The lowest BCUT2D eigenvalue weighted by atomic mass is 9.77. The fourth-order valence-electron chi connectivity index (χ4n) is 5.73. The van der Waals surface area contributed by atoms with Crippen LogP contribution in [0.15, 0.2) is 36.5 Å². The molecular formula is C25H27F4N5O2. The molecule has 2 aromatic heterocycles. The number of ether oxygens (including phenoxy) is 2. The van der Waals surface area contributed by atoms with Crippen molar-refractivity contribution in [2.45, 2.75) is 69.8 Å². The van der Waals surface area contributed by atoms with Gasteiger partial charge < -0.3 is 9.47 Å². The van der Waals surface area contributed by atoms with Crippen LogP contribution in [-0.4, -0.2) is 43.5 Å². The van der Waals surface area contributed by atoms with Gasteiger partial charge in [0.2, 0.25) is 5.88 Å². The highest BCUT2D eigenvalue weighted by Crippen LogP contribution is 2.56. The maximum atomic E-state index is 13.6. The van der Waals surface area contributed by atoms with Gasteiger partial charge >= 0.3 is 6.18 Å². The number of rotatable bonds is 5. The average Bonchev–Trinajstić information content (AvgIpc) is 3.54. The first kappa shape index (κ1) is 24.6. The zero-order valence-electron chi connectivity index (χ0n) is 20.2. The quantitative estimate of drug-likeness (QED) is 0.429. The first-order valence-corrected chi connectivity index (χ1v) is 12.0. The van der Waals surface area contributed by atoms with Crippen molar-refractivity contribution < 1.29 is 27.0 Å². The minimum absolute atomic E-state index is 0.0741. The molecule has 3 heterocycles. The van der Waals surface area contributed by atoms with Crippen molar-refractivity contribution in [2.24, 2.45) is 5.92 Å². The summed E-state index contributed by atoms with van der Waals surface area (Å²) in [5.74, 6) is -0.919. The van der Waals surface area contributed by atoms with Gasteiger partial charge in [0.25, 0.3) is 5.82 Å². The largest absolute Gasteiger partial charge is 0.475 e. The normalized spacial score (nSPS) is 26.3. The molecule has 1 saturated heterocycles. The summed E-state index contributed by atoms with van der Waals surface area (Å²) >= 11 is 0. The van der Waals surface area contributed by atoms with E-state index in [-0.39, 0.29) is 29.4 Å². The van der Waals surface area contributed by atoms with Crippen LogP contribution in [0, 0.1) is 11.7 Å². The Morgan fingerprint density at radius 3 is 2.64 bits per heavy atom. The van der Waals surface area contributed by atoms with Crippen molar-refractivity contribution in [2.75, 3.05) is 6.61 Å². The number of benzene rings is 1. The van der Waals surface area contributed by atoms with E-state index in [0.29, 0.717) is 35.1 Å². The van der Waals surface area contributed by atoms with Crippen molar-refractivity contribution in [3.8, 4) is 11.6 Å². The summed E-state index contributed by atoms with van der Waals surface area (Å²) < 4.78 is 67.0. The number of aromatic nitrogens is 5. The van der Waals surface area contributed by atoms with E-state index in [2.05, 4.69) is 27.4 Å². The molecular weight excluding hydrogens is 478 g/mol. The van der Waals surface area contributed by atoms with Crippen LogP contribution in [0.25, 0.3) is 5.69 Å². The van der Waals surface area contributed by atoms with Gasteiger partial charge in [0.1, 0.15) is 5.82 Å².